The number of ether oxygens (including phenoxy) is 2. The van der Waals surface area contributed by atoms with Crippen LogP contribution < -0.4 is 20.1 Å². The Balaban J connectivity index is 1.54. The van der Waals surface area contributed by atoms with Gasteiger partial charge in [-0.2, -0.15) is 0 Å². The molecule has 2 fully saturated rings. The van der Waals surface area contributed by atoms with Crippen molar-refractivity contribution in [3.05, 3.63) is 60.2 Å². The number of fused-ring (bicyclic) bond motifs is 1. The fraction of sp³-hybridized carbons (Fsp3) is 0.393. The summed E-state index contributed by atoms with van der Waals surface area (Å²) in [6, 6.07) is 13.4. The number of anilines is 1. The van der Waals surface area contributed by atoms with E-state index in [-0.39, 0.29) is 36.2 Å². The number of hydrogen-bond donors (Lipinski definition) is 2. The summed E-state index contributed by atoms with van der Waals surface area (Å²) >= 11 is 0. The van der Waals surface area contributed by atoms with Crippen LogP contribution in [0.15, 0.2) is 54.6 Å². The van der Waals surface area contributed by atoms with Crippen LogP contribution in [0.1, 0.15) is 44.6 Å². The van der Waals surface area contributed by atoms with Crippen molar-refractivity contribution in [3.8, 4) is 11.5 Å². The van der Waals surface area contributed by atoms with Crippen molar-refractivity contribution in [1.82, 2.24) is 10.2 Å². The summed E-state index contributed by atoms with van der Waals surface area (Å²) in [6.07, 6.45) is 6.66. The minimum atomic E-state index is -0.892. The fourth-order valence-electron chi connectivity index (χ4n) is 4.95. The molecule has 2 aliphatic rings. The molecule has 8 nitrogen and oxygen atoms in total. The lowest BCUT2D eigenvalue weighted by Gasteiger charge is -2.47. The summed E-state index contributed by atoms with van der Waals surface area (Å²) in [4.78, 5) is 41.2. The van der Waals surface area contributed by atoms with Crippen molar-refractivity contribution in [2.45, 2.75) is 57.2 Å². The second-order valence-corrected chi connectivity index (χ2v) is 9.02. The Morgan fingerprint density at radius 2 is 1.86 bits per heavy atom. The van der Waals surface area contributed by atoms with E-state index in [2.05, 4.69) is 10.6 Å². The van der Waals surface area contributed by atoms with E-state index in [0.717, 1.165) is 37.0 Å². The molecule has 0 radical (unpaired) electrons. The van der Waals surface area contributed by atoms with E-state index >= 15 is 0 Å². The smallest absolute Gasteiger partial charge is 0.247 e. The van der Waals surface area contributed by atoms with Gasteiger partial charge in [0.2, 0.25) is 17.7 Å². The van der Waals surface area contributed by atoms with Crippen LogP contribution in [0.4, 0.5) is 5.69 Å². The SMILES string of the molecule is CCOc1ccccc1NC(=O)C[C@@H]1C(=O)N[C@@H]2CCCC[C@@H]2N1C(=O)/C=C/c1ccc(OC)cc1. The van der Waals surface area contributed by atoms with Gasteiger partial charge in [0.1, 0.15) is 17.5 Å². The highest BCUT2D eigenvalue weighted by Crippen LogP contribution is 2.31. The lowest BCUT2D eigenvalue weighted by molar-refractivity contribution is -0.148. The van der Waals surface area contributed by atoms with E-state index in [0.29, 0.717) is 18.0 Å². The monoisotopic (exact) mass is 491 g/mol. The molecule has 2 N–H and O–H groups in total. The maximum Gasteiger partial charge on any atom is 0.247 e. The molecule has 0 aromatic heterocycles. The molecular formula is C28H33N3O5. The first-order valence-electron chi connectivity index (χ1n) is 12.5. The number of hydrogen-bond acceptors (Lipinski definition) is 5. The first-order valence-corrected chi connectivity index (χ1v) is 12.5. The van der Waals surface area contributed by atoms with Gasteiger partial charge < -0.3 is 25.0 Å². The lowest BCUT2D eigenvalue weighted by atomic mass is 9.85. The van der Waals surface area contributed by atoms with Crippen molar-refractivity contribution < 1.29 is 23.9 Å². The molecule has 1 aliphatic carbocycles. The van der Waals surface area contributed by atoms with Gasteiger partial charge in [-0.3, -0.25) is 14.4 Å². The van der Waals surface area contributed by atoms with Gasteiger partial charge in [0.25, 0.3) is 0 Å². The average Bonchev–Trinajstić information content (AvgIpc) is 2.89. The van der Waals surface area contributed by atoms with E-state index in [1.54, 1.807) is 36.3 Å². The molecular weight excluding hydrogens is 458 g/mol. The highest BCUT2D eigenvalue weighted by molar-refractivity contribution is 6.01. The zero-order chi connectivity index (χ0) is 25.5. The second-order valence-electron chi connectivity index (χ2n) is 9.02. The van der Waals surface area contributed by atoms with Gasteiger partial charge in [-0.1, -0.05) is 37.1 Å². The Hall–Kier alpha value is -3.81. The Kier molecular flexibility index (Phi) is 8.25. The predicted octanol–water partition coefficient (Wildman–Crippen LogP) is 3.77. The first-order chi connectivity index (χ1) is 17.5. The number of amides is 3. The maximum atomic E-state index is 13.5. The summed E-state index contributed by atoms with van der Waals surface area (Å²) in [6.45, 7) is 2.33. The van der Waals surface area contributed by atoms with Gasteiger partial charge in [-0.15, -0.1) is 0 Å². The molecule has 190 valence electrons. The molecule has 3 atom stereocenters. The molecule has 4 rings (SSSR count). The van der Waals surface area contributed by atoms with Crippen LogP contribution in [-0.4, -0.2) is 54.5 Å². The quantitative estimate of drug-likeness (QED) is 0.548. The topological polar surface area (TPSA) is 97.0 Å². The average molecular weight is 492 g/mol. The van der Waals surface area contributed by atoms with Crippen LogP contribution in [0.2, 0.25) is 0 Å². The number of carbonyl (C=O) groups is 3. The van der Waals surface area contributed by atoms with E-state index in [1.165, 1.54) is 6.08 Å². The molecule has 0 unspecified atom stereocenters. The Morgan fingerprint density at radius 3 is 2.61 bits per heavy atom. The molecule has 1 saturated heterocycles. The lowest BCUT2D eigenvalue weighted by Crippen LogP contribution is -2.67. The number of methoxy groups -OCH3 is 1. The molecule has 1 heterocycles. The summed E-state index contributed by atoms with van der Waals surface area (Å²) in [5, 5.41) is 5.92. The first kappa shape index (κ1) is 25.3. The standard InChI is InChI=1S/C28H33N3O5/c1-3-36-25-11-7-5-9-22(25)29-26(32)18-24-28(34)30-21-8-4-6-10-23(21)31(24)27(33)17-14-19-12-15-20(35-2)16-13-19/h5,7,9,11-17,21,23-24H,3-4,6,8,10,18H2,1-2H3,(H,29,32)(H,30,34)/b17-14+/t21-,23+,24-/m1/s1. The van der Waals surface area contributed by atoms with E-state index in [9.17, 15) is 14.4 Å². The predicted molar refractivity (Wildman–Crippen MR) is 138 cm³/mol. The Bertz CT molecular complexity index is 1110. The Labute approximate surface area is 211 Å². The third-order valence-electron chi connectivity index (χ3n) is 6.68. The van der Waals surface area contributed by atoms with Crippen LogP contribution in [-0.2, 0) is 14.4 Å². The number of nitrogens with one attached hydrogen (secondary N) is 2. The van der Waals surface area contributed by atoms with Crippen LogP contribution in [0, 0.1) is 0 Å². The third kappa shape index (κ3) is 5.87. The van der Waals surface area contributed by atoms with Crippen LogP contribution in [0.3, 0.4) is 0 Å². The summed E-state index contributed by atoms with van der Waals surface area (Å²) in [7, 11) is 1.60. The largest absolute Gasteiger partial charge is 0.497 e. The molecule has 2 aromatic rings. The molecule has 8 heteroatoms. The van der Waals surface area contributed by atoms with Crippen molar-refractivity contribution in [2.75, 3.05) is 19.0 Å². The highest BCUT2D eigenvalue weighted by atomic mass is 16.5. The van der Waals surface area contributed by atoms with Gasteiger partial charge in [0.15, 0.2) is 0 Å². The van der Waals surface area contributed by atoms with Gasteiger partial charge in [-0.25, -0.2) is 0 Å². The van der Waals surface area contributed by atoms with Crippen LogP contribution >= 0.6 is 0 Å². The molecule has 2 aromatic carbocycles. The minimum Gasteiger partial charge on any atom is -0.497 e. The fourth-order valence-corrected chi connectivity index (χ4v) is 4.95. The number of nitrogens with zero attached hydrogens (tertiary/aromatic N) is 1. The molecule has 0 spiro atoms. The summed E-state index contributed by atoms with van der Waals surface area (Å²) in [5.41, 5.74) is 1.38. The Morgan fingerprint density at radius 1 is 1.11 bits per heavy atom. The zero-order valence-electron chi connectivity index (χ0n) is 20.7. The second kappa shape index (κ2) is 11.7. The van der Waals surface area contributed by atoms with Crippen molar-refractivity contribution >= 4 is 29.5 Å². The minimum absolute atomic E-state index is 0.0948. The summed E-state index contributed by atoms with van der Waals surface area (Å²) < 4.78 is 10.8. The van der Waals surface area contributed by atoms with Gasteiger partial charge >= 0.3 is 0 Å². The van der Waals surface area contributed by atoms with E-state index in [4.69, 9.17) is 9.47 Å². The zero-order valence-corrected chi connectivity index (χ0v) is 20.7. The molecule has 1 aliphatic heterocycles. The van der Waals surface area contributed by atoms with Crippen LogP contribution in [0.25, 0.3) is 6.08 Å². The number of rotatable bonds is 8. The molecule has 3 amide bonds. The van der Waals surface area contributed by atoms with Gasteiger partial charge in [0.05, 0.1) is 31.9 Å². The number of piperazine rings is 1. The van der Waals surface area contributed by atoms with Crippen LogP contribution in [0.5, 0.6) is 11.5 Å². The number of carbonyl (C=O) groups excluding carboxylic acids is 3. The highest BCUT2D eigenvalue weighted by Gasteiger charge is 2.45. The number of benzene rings is 2. The summed E-state index contributed by atoms with van der Waals surface area (Å²) in [5.74, 6) is 0.369. The number of para-hydroxylation sites is 2. The third-order valence-corrected chi connectivity index (χ3v) is 6.68. The normalized spacial score (nSPS) is 21.4. The van der Waals surface area contributed by atoms with Crippen molar-refractivity contribution in [1.29, 1.82) is 0 Å². The van der Waals surface area contributed by atoms with Gasteiger partial charge in [0, 0.05) is 12.1 Å². The van der Waals surface area contributed by atoms with Crippen molar-refractivity contribution in [3.63, 3.8) is 0 Å². The van der Waals surface area contributed by atoms with Crippen molar-refractivity contribution in [2.24, 2.45) is 0 Å². The van der Waals surface area contributed by atoms with E-state index < -0.39 is 6.04 Å². The molecule has 0 bridgehead atoms. The maximum absolute atomic E-state index is 13.5. The van der Waals surface area contributed by atoms with E-state index in [1.807, 2.05) is 37.3 Å². The molecule has 1 saturated carbocycles. The molecule has 36 heavy (non-hydrogen) atoms. The van der Waals surface area contributed by atoms with Gasteiger partial charge in [-0.05, 0) is 55.7 Å².